The Morgan fingerprint density at radius 1 is 1.17 bits per heavy atom. The molecular formula is C27H40N4O5. The number of aliphatic imine (C=N–C) groups is 1. The molecule has 9 nitrogen and oxygen atoms in total. The van der Waals surface area contributed by atoms with Crippen LogP contribution in [0.3, 0.4) is 0 Å². The molecule has 1 aliphatic carbocycles. The third-order valence-corrected chi connectivity index (χ3v) is 6.55. The van der Waals surface area contributed by atoms with E-state index in [1.807, 2.05) is 0 Å². The number of nitrogens with zero attached hydrogens (tertiary/aromatic N) is 3. The summed E-state index contributed by atoms with van der Waals surface area (Å²) < 4.78 is 5.38. The van der Waals surface area contributed by atoms with Gasteiger partial charge in [-0.2, -0.15) is 0 Å². The third-order valence-electron chi connectivity index (χ3n) is 6.55. The van der Waals surface area contributed by atoms with Gasteiger partial charge in [0.15, 0.2) is 11.7 Å². The first-order valence-electron chi connectivity index (χ1n) is 12.9. The number of carbonyl (C=O) groups excluding carboxylic acids is 3. The fraction of sp³-hybridized carbons (Fsp3) is 0.630. The van der Waals surface area contributed by atoms with Crippen LogP contribution in [0.5, 0.6) is 0 Å². The second kappa shape index (κ2) is 12.3. The standard InChI is InChI=1S/C27H40N4O5/c1-27(2,3)36-25(35)18-31-17-21-15-20(9-10-22(21)29-26(31)28)23(33)11-12-24(34)30(13-14-32)16-19-7-5-4-6-8-19/h9-10,15,19,32H,4-8,11-14,16-18H2,1-3H3,(H2,28,29). The van der Waals surface area contributed by atoms with E-state index in [1.54, 1.807) is 48.8 Å². The van der Waals surface area contributed by atoms with Crippen LogP contribution < -0.4 is 5.73 Å². The van der Waals surface area contributed by atoms with Gasteiger partial charge in [-0.05, 0) is 63.3 Å². The molecule has 0 bridgehead atoms. The zero-order chi connectivity index (χ0) is 26.3. The lowest BCUT2D eigenvalue weighted by Gasteiger charge is -2.29. The lowest BCUT2D eigenvalue weighted by molar-refractivity contribution is -0.155. The molecule has 1 aromatic rings. The minimum atomic E-state index is -0.600. The van der Waals surface area contributed by atoms with Crippen molar-refractivity contribution in [2.24, 2.45) is 16.6 Å². The zero-order valence-electron chi connectivity index (χ0n) is 21.8. The van der Waals surface area contributed by atoms with Crippen molar-refractivity contribution in [3.63, 3.8) is 0 Å². The van der Waals surface area contributed by atoms with Gasteiger partial charge < -0.3 is 25.4 Å². The minimum absolute atomic E-state index is 0.0413. The van der Waals surface area contributed by atoms with Gasteiger partial charge in [-0.15, -0.1) is 0 Å². The van der Waals surface area contributed by atoms with Crippen LogP contribution in [-0.2, 0) is 20.9 Å². The van der Waals surface area contributed by atoms with Crippen LogP contribution in [0.25, 0.3) is 0 Å². The number of hydrogen-bond acceptors (Lipinski definition) is 8. The van der Waals surface area contributed by atoms with Crippen molar-refractivity contribution in [3.8, 4) is 0 Å². The molecule has 1 aromatic carbocycles. The highest BCUT2D eigenvalue weighted by Gasteiger charge is 2.25. The molecule has 0 spiro atoms. The van der Waals surface area contributed by atoms with Crippen molar-refractivity contribution >= 4 is 29.3 Å². The Bertz CT molecular complexity index is 979. The number of ether oxygens (including phenoxy) is 1. The summed E-state index contributed by atoms with van der Waals surface area (Å²) in [6, 6.07) is 5.19. The summed E-state index contributed by atoms with van der Waals surface area (Å²) >= 11 is 0. The number of aliphatic hydroxyl groups is 1. The normalized spacial score (nSPS) is 16.2. The number of rotatable bonds is 10. The molecule has 1 heterocycles. The van der Waals surface area contributed by atoms with E-state index in [-0.39, 0.29) is 43.6 Å². The largest absolute Gasteiger partial charge is 0.459 e. The molecule has 0 atom stereocenters. The average molecular weight is 501 g/mol. The van der Waals surface area contributed by atoms with Gasteiger partial charge in [0.05, 0.1) is 12.3 Å². The number of amides is 1. The van der Waals surface area contributed by atoms with Gasteiger partial charge in [-0.25, -0.2) is 4.99 Å². The van der Waals surface area contributed by atoms with E-state index < -0.39 is 11.6 Å². The second-order valence-electron chi connectivity index (χ2n) is 10.7. The predicted octanol–water partition coefficient (Wildman–Crippen LogP) is 3.15. The number of aliphatic hydroxyl groups excluding tert-OH is 1. The first-order chi connectivity index (χ1) is 17.1. The molecule has 1 fully saturated rings. The summed E-state index contributed by atoms with van der Waals surface area (Å²) in [6.45, 7) is 6.56. The molecule has 1 amide bonds. The summed E-state index contributed by atoms with van der Waals surface area (Å²) in [5.41, 5.74) is 7.38. The van der Waals surface area contributed by atoms with Gasteiger partial charge in [0.2, 0.25) is 5.91 Å². The van der Waals surface area contributed by atoms with Crippen molar-refractivity contribution in [3.05, 3.63) is 29.3 Å². The Kier molecular flexibility index (Phi) is 9.48. The van der Waals surface area contributed by atoms with Gasteiger partial charge in [-0.3, -0.25) is 14.4 Å². The molecule has 36 heavy (non-hydrogen) atoms. The van der Waals surface area contributed by atoms with Crippen LogP contribution in [0, 0.1) is 5.92 Å². The quantitative estimate of drug-likeness (QED) is 0.373. The number of nitrogens with two attached hydrogens (primary N) is 1. The summed E-state index contributed by atoms with van der Waals surface area (Å²) in [4.78, 5) is 45.7. The van der Waals surface area contributed by atoms with Crippen molar-refractivity contribution < 1.29 is 24.2 Å². The van der Waals surface area contributed by atoms with E-state index in [0.29, 0.717) is 36.8 Å². The summed E-state index contributed by atoms with van der Waals surface area (Å²) in [6.07, 6.45) is 6.05. The van der Waals surface area contributed by atoms with Gasteiger partial charge in [0.25, 0.3) is 0 Å². The van der Waals surface area contributed by atoms with Crippen LogP contribution in [0.2, 0.25) is 0 Å². The van der Waals surface area contributed by atoms with E-state index in [2.05, 4.69) is 4.99 Å². The zero-order valence-corrected chi connectivity index (χ0v) is 21.8. The monoisotopic (exact) mass is 500 g/mol. The summed E-state index contributed by atoms with van der Waals surface area (Å²) in [5.74, 6) is 0.0634. The maximum Gasteiger partial charge on any atom is 0.326 e. The lowest BCUT2D eigenvalue weighted by atomic mass is 9.89. The van der Waals surface area contributed by atoms with Crippen LogP contribution >= 0.6 is 0 Å². The Morgan fingerprint density at radius 3 is 2.56 bits per heavy atom. The molecule has 9 heteroatoms. The Hall–Kier alpha value is -2.94. The fourth-order valence-electron chi connectivity index (χ4n) is 4.78. The van der Waals surface area contributed by atoms with Crippen molar-refractivity contribution in [1.29, 1.82) is 0 Å². The minimum Gasteiger partial charge on any atom is -0.459 e. The number of fused-ring (bicyclic) bond motifs is 1. The van der Waals surface area contributed by atoms with Gasteiger partial charge >= 0.3 is 5.97 Å². The Balaban J connectivity index is 1.59. The number of hydrogen-bond donors (Lipinski definition) is 2. The molecule has 0 radical (unpaired) electrons. The molecule has 1 saturated carbocycles. The van der Waals surface area contributed by atoms with Crippen molar-refractivity contribution in [2.75, 3.05) is 26.2 Å². The number of esters is 1. The Labute approximate surface area is 213 Å². The highest BCUT2D eigenvalue weighted by Crippen LogP contribution is 2.28. The van der Waals surface area contributed by atoms with Crippen molar-refractivity contribution in [2.45, 2.75) is 77.9 Å². The number of Topliss-reactive ketones (excluding diaryl/α,β-unsaturated/α-hetero) is 1. The van der Waals surface area contributed by atoms with Gasteiger partial charge in [-0.1, -0.05) is 19.3 Å². The van der Waals surface area contributed by atoms with E-state index in [9.17, 15) is 19.5 Å². The van der Waals surface area contributed by atoms with Gasteiger partial charge in [0, 0.05) is 38.0 Å². The number of carbonyl (C=O) groups is 3. The predicted molar refractivity (Wildman–Crippen MR) is 138 cm³/mol. The van der Waals surface area contributed by atoms with Crippen LogP contribution in [0.1, 0.15) is 81.6 Å². The number of benzene rings is 1. The maximum atomic E-state index is 12.9. The molecule has 0 unspecified atom stereocenters. The van der Waals surface area contributed by atoms with Crippen molar-refractivity contribution in [1.82, 2.24) is 9.80 Å². The van der Waals surface area contributed by atoms with E-state index in [0.717, 1.165) is 18.4 Å². The molecule has 198 valence electrons. The smallest absolute Gasteiger partial charge is 0.326 e. The average Bonchev–Trinajstić information content (AvgIpc) is 2.81. The van der Waals surface area contributed by atoms with Crippen LogP contribution in [-0.4, -0.2) is 70.4 Å². The molecule has 0 saturated heterocycles. The molecule has 0 aromatic heterocycles. The molecule has 1 aliphatic heterocycles. The Morgan fingerprint density at radius 2 is 1.89 bits per heavy atom. The molecule has 3 rings (SSSR count). The topological polar surface area (TPSA) is 126 Å². The number of ketones is 1. The SMILES string of the molecule is CC(C)(C)OC(=O)CN1Cc2cc(C(=O)CCC(=O)N(CCO)CC3CCCCC3)ccc2N=C1N. The first-order valence-corrected chi connectivity index (χ1v) is 12.9. The molecular weight excluding hydrogens is 460 g/mol. The second-order valence-corrected chi connectivity index (χ2v) is 10.7. The number of guanidine groups is 1. The van der Waals surface area contributed by atoms with E-state index >= 15 is 0 Å². The first kappa shape index (κ1) is 27.6. The fourth-order valence-corrected chi connectivity index (χ4v) is 4.78. The van der Waals surface area contributed by atoms with E-state index in [1.165, 1.54) is 19.3 Å². The molecule has 3 N–H and O–H groups in total. The molecule has 2 aliphatic rings. The summed E-state index contributed by atoms with van der Waals surface area (Å²) in [7, 11) is 0. The van der Waals surface area contributed by atoms with Gasteiger partial charge in [0.1, 0.15) is 12.1 Å². The third kappa shape index (κ3) is 8.05. The maximum absolute atomic E-state index is 12.9. The highest BCUT2D eigenvalue weighted by atomic mass is 16.6. The summed E-state index contributed by atoms with van der Waals surface area (Å²) in [5, 5.41) is 9.42. The lowest BCUT2D eigenvalue weighted by Crippen LogP contribution is -2.43. The van der Waals surface area contributed by atoms with E-state index in [4.69, 9.17) is 10.5 Å². The van der Waals surface area contributed by atoms with Crippen LogP contribution in [0.15, 0.2) is 23.2 Å². The van der Waals surface area contributed by atoms with Crippen LogP contribution in [0.4, 0.5) is 5.69 Å². The highest BCUT2D eigenvalue weighted by molar-refractivity contribution is 5.99.